The van der Waals surface area contributed by atoms with Crippen molar-refractivity contribution in [1.29, 1.82) is 0 Å². The summed E-state index contributed by atoms with van der Waals surface area (Å²) in [5.74, 6) is -0.313. The Bertz CT molecular complexity index is 692. The molecular weight excluding hydrogens is 320 g/mol. The number of hydrogen-bond donors (Lipinski definition) is 1. The maximum atomic E-state index is 12.7. The SMILES string of the molecule is Cc1cccc(COC(=O)CN2C(=O)NC3(CCC(C)CC3)C2=O)c1. The lowest BCUT2D eigenvalue weighted by atomic mass is 9.77. The Morgan fingerprint density at radius 3 is 2.72 bits per heavy atom. The predicted molar refractivity (Wildman–Crippen MR) is 91.6 cm³/mol. The summed E-state index contributed by atoms with van der Waals surface area (Å²) in [5, 5.41) is 2.81. The molecule has 6 heteroatoms. The van der Waals surface area contributed by atoms with Crippen molar-refractivity contribution in [2.24, 2.45) is 5.92 Å². The van der Waals surface area contributed by atoms with Crippen molar-refractivity contribution in [1.82, 2.24) is 10.2 Å². The quantitative estimate of drug-likeness (QED) is 0.673. The molecular formula is C19H24N2O4. The van der Waals surface area contributed by atoms with Crippen molar-refractivity contribution in [2.45, 2.75) is 51.7 Å². The molecule has 0 unspecified atom stereocenters. The van der Waals surface area contributed by atoms with Crippen LogP contribution in [0.2, 0.25) is 0 Å². The van der Waals surface area contributed by atoms with Crippen molar-refractivity contribution in [3.63, 3.8) is 0 Å². The van der Waals surface area contributed by atoms with E-state index in [2.05, 4.69) is 12.2 Å². The molecule has 1 saturated heterocycles. The van der Waals surface area contributed by atoms with E-state index >= 15 is 0 Å². The Hall–Kier alpha value is -2.37. The Morgan fingerprint density at radius 1 is 1.32 bits per heavy atom. The van der Waals surface area contributed by atoms with Crippen molar-refractivity contribution < 1.29 is 19.1 Å². The molecule has 3 rings (SSSR count). The molecule has 1 aliphatic heterocycles. The van der Waals surface area contributed by atoms with Gasteiger partial charge in [-0.2, -0.15) is 0 Å². The molecule has 1 N–H and O–H groups in total. The van der Waals surface area contributed by atoms with Gasteiger partial charge in [-0.05, 0) is 44.1 Å². The molecule has 0 atom stereocenters. The van der Waals surface area contributed by atoms with Gasteiger partial charge in [-0.15, -0.1) is 0 Å². The lowest BCUT2D eigenvalue weighted by Gasteiger charge is -2.33. The standard InChI is InChI=1S/C19H24N2O4/c1-13-6-8-19(9-7-13)17(23)21(18(24)20-19)11-16(22)25-12-15-5-3-4-14(2)10-15/h3-5,10,13H,6-9,11-12H2,1-2H3,(H,20,24). The Labute approximate surface area is 147 Å². The summed E-state index contributed by atoms with van der Waals surface area (Å²) in [7, 11) is 0. The van der Waals surface area contributed by atoms with Gasteiger partial charge in [0, 0.05) is 0 Å². The summed E-state index contributed by atoms with van der Waals surface area (Å²) in [6, 6.07) is 7.16. The monoisotopic (exact) mass is 344 g/mol. The van der Waals surface area contributed by atoms with Gasteiger partial charge in [0.1, 0.15) is 18.7 Å². The van der Waals surface area contributed by atoms with Gasteiger partial charge in [0.05, 0.1) is 0 Å². The normalized spacial score (nSPS) is 26.0. The third kappa shape index (κ3) is 3.67. The van der Waals surface area contributed by atoms with Gasteiger partial charge in [0.15, 0.2) is 0 Å². The van der Waals surface area contributed by atoms with Crippen LogP contribution in [0.4, 0.5) is 4.79 Å². The number of hydrogen-bond acceptors (Lipinski definition) is 4. The molecule has 1 saturated carbocycles. The molecule has 1 heterocycles. The van der Waals surface area contributed by atoms with E-state index in [4.69, 9.17) is 4.74 Å². The zero-order valence-corrected chi connectivity index (χ0v) is 14.7. The summed E-state index contributed by atoms with van der Waals surface area (Å²) in [5.41, 5.74) is 1.14. The number of nitrogens with zero attached hydrogens (tertiary/aromatic N) is 1. The van der Waals surface area contributed by atoms with Gasteiger partial charge in [-0.1, -0.05) is 36.8 Å². The summed E-state index contributed by atoms with van der Waals surface area (Å²) < 4.78 is 5.22. The molecule has 25 heavy (non-hydrogen) atoms. The lowest BCUT2D eigenvalue weighted by molar-refractivity contribution is -0.149. The number of ether oxygens (including phenoxy) is 1. The molecule has 1 aliphatic carbocycles. The maximum Gasteiger partial charge on any atom is 0.326 e. The molecule has 1 spiro atoms. The molecule has 3 amide bonds. The van der Waals surface area contributed by atoms with Gasteiger partial charge in [0.25, 0.3) is 5.91 Å². The highest BCUT2D eigenvalue weighted by atomic mass is 16.5. The fourth-order valence-electron chi connectivity index (χ4n) is 3.55. The maximum absolute atomic E-state index is 12.7. The summed E-state index contributed by atoms with van der Waals surface area (Å²) in [4.78, 5) is 37.9. The van der Waals surface area contributed by atoms with E-state index in [9.17, 15) is 14.4 Å². The number of carbonyl (C=O) groups excluding carboxylic acids is 3. The first kappa shape index (κ1) is 17.5. The predicted octanol–water partition coefficient (Wildman–Crippen LogP) is 2.54. The lowest BCUT2D eigenvalue weighted by Crippen LogP contribution is -2.49. The van der Waals surface area contributed by atoms with Crippen LogP contribution < -0.4 is 5.32 Å². The highest BCUT2D eigenvalue weighted by Gasteiger charge is 2.52. The Kier molecular flexibility index (Phi) is 4.79. The molecule has 6 nitrogen and oxygen atoms in total. The van der Waals surface area contributed by atoms with Gasteiger partial charge >= 0.3 is 12.0 Å². The van der Waals surface area contributed by atoms with Gasteiger partial charge in [0.2, 0.25) is 0 Å². The second-order valence-electron chi connectivity index (χ2n) is 7.24. The first-order chi connectivity index (χ1) is 11.9. The van der Waals surface area contributed by atoms with Crippen molar-refractivity contribution >= 4 is 17.9 Å². The van der Waals surface area contributed by atoms with Crippen LogP contribution in [0.5, 0.6) is 0 Å². The van der Waals surface area contributed by atoms with E-state index in [1.165, 1.54) is 0 Å². The zero-order chi connectivity index (χ0) is 18.0. The van der Waals surface area contributed by atoms with Crippen molar-refractivity contribution in [2.75, 3.05) is 6.54 Å². The number of carbonyl (C=O) groups is 3. The average Bonchev–Trinajstić information content (AvgIpc) is 2.80. The fraction of sp³-hybridized carbons (Fsp3) is 0.526. The molecule has 0 radical (unpaired) electrons. The molecule has 0 aromatic heterocycles. The first-order valence-electron chi connectivity index (χ1n) is 8.75. The highest BCUT2D eigenvalue weighted by Crippen LogP contribution is 2.36. The summed E-state index contributed by atoms with van der Waals surface area (Å²) in [6.07, 6.45) is 3.07. The second-order valence-corrected chi connectivity index (χ2v) is 7.24. The van der Waals surface area contributed by atoms with Gasteiger partial charge < -0.3 is 10.1 Å². The van der Waals surface area contributed by atoms with Crippen molar-refractivity contribution in [3.05, 3.63) is 35.4 Å². The number of rotatable bonds is 4. The van der Waals surface area contributed by atoms with Gasteiger partial charge in [-0.3, -0.25) is 14.5 Å². The van der Waals surface area contributed by atoms with E-state index in [0.717, 1.165) is 28.9 Å². The molecule has 0 bridgehead atoms. The van der Waals surface area contributed by atoms with Crippen LogP contribution in [0, 0.1) is 12.8 Å². The Morgan fingerprint density at radius 2 is 2.04 bits per heavy atom. The molecule has 1 aromatic carbocycles. The van der Waals surface area contributed by atoms with Crippen LogP contribution in [0.25, 0.3) is 0 Å². The number of urea groups is 1. The summed E-state index contributed by atoms with van der Waals surface area (Å²) in [6.45, 7) is 3.90. The molecule has 2 aliphatic rings. The number of amides is 3. The van der Waals surface area contributed by atoms with E-state index < -0.39 is 17.5 Å². The third-order valence-electron chi connectivity index (χ3n) is 5.14. The number of benzene rings is 1. The minimum absolute atomic E-state index is 0.132. The van der Waals surface area contributed by atoms with Crippen LogP contribution in [0.3, 0.4) is 0 Å². The smallest absolute Gasteiger partial charge is 0.326 e. The number of esters is 1. The summed E-state index contributed by atoms with van der Waals surface area (Å²) >= 11 is 0. The fourth-order valence-corrected chi connectivity index (χ4v) is 3.55. The largest absolute Gasteiger partial charge is 0.459 e. The van der Waals surface area contributed by atoms with E-state index in [1.54, 1.807) is 0 Å². The number of aryl methyl sites for hydroxylation is 1. The topological polar surface area (TPSA) is 75.7 Å². The Balaban J connectivity index is 1.58. The van der Waals surface area contributed by atoms with E-state index in [1.807, 2.05) is 31.2 Å². The van der Waals surface area contributed by atoms with E-state index in [0.29, 0.717) is 18.8 Å². The third-order valence-corrected chi connectivity index (χ3v) is 5.14. The number of nitrogens with one attached hydrogen (secondary N) is 1. The van der Waals surface area contributed by atoms with Crippen LogP contribution in [-0.2, 0) is 20.9 Å². The minimum atomic E-state index is -0.819. The molecule has 2 fully saturated rings. The molecule has 1 aromatic rings. The first-order valence-corrected chi connectivity index (χ1v) is 8.75. The van der Waals surface area contributed by atoms with Crippen LogP contribution in [0.15, 0.2) is 24.3 Å². The molecule has 134 valence electrons. The zero-order valence-electron chi connectivity index (χ0n) is 14.7. The van der Waals surface area contributed by atoms with Gasteiger partial charge in [-0.25, -0.2) is 4.79 Å². The van der Waals surface area contributed by atoms with Crippen LogP contribution in [0.1, 0.15) is 43.7 Å². The number of imide groups is 1. The van der Waals surface area contributed by atoms with Crippen molar-refractivity contribution in [3.8, 4) is 0 Å². The van der Waals surface area contributed by atoms with E-state index in [-0.39, 0.29) is 19.1 Å². The second kappa shape index (κ2) is 6.86. The average molecular weight is 344 g/mol. The highest BCUT2D eigenvalue weighted by molar-refractivity contribution is 6.08. The van der Waals surface area contributed by atoms with Crippen LogP contribution >= 0.6 is 0 Å². The van der Waals surface area contributed by atoms with Crippen LogP contribution in [-0.4, -0.2) is 34.9 Å². The minimum Gasteiger partial charge on any atom is -0.459 e.